The number of unbranched alkanes of at least 4 members (excludes halogenated alkanes) is 9. The summed E-state index contributed by atoms with van der Waals surface area (Å²) in [6.45, 7) is 2.20. The highest BCUT2D eigenvalue weighted by Gasteiger charge is 2.37. The third-order valence-corrected chi connectivity index (χ3v) is 4.34. The SMILES string of the molecule is CCCCCCCCCCC/C=C/NC(=O)[C@@H](O)[C@H](O)[C@@H](O)[C@@H](O)C(=O)O. The Labute approximate surface area is 160 Å². The molecule has 1 amide bonds. The molecule has 0 aromatic rings. The third-order valence-electron chi connectivity index (χ3n) is 4.34. The van der Waals surface area contributed by atoms with Gasteiger partial charge in [-0.05, 0) is 19.0 Å². The molecule has 0 aliphatic carbocycles. The molecule has 6 N–H and O–H groups in total. The lowest BCUT2D eigenvalue weighted by molar-refractivity contribution is -0.166. The molecule has 0 fully saturated rings. The first-order chi connectivity index (χ1) is 12.8. The predicted molar refractivity (Wildman–Crippen MR) is 101 cm³/mol. The minimum absolute atomic E-state index is 0.759. The quantitative estimate of drug-likeness (QED) is 0.216. The number of aliphatic hydroxyl groups is 4. The molecule has 0 radical (unpaired) electrons. The number of aliphatic hydroxyl groups excluding tert-OH is 4. The summed E-state index contributed by atoms with van der Waals surface area (Å²) in [5.74, 6) is -2.77. The molecule has 0 aromatic carbocycles. The van der Waals surface area contributed by atoms with Crippen molar-refractivity contribution >= 4 is 11.9 Å². The number of nitrogens with one attached hydrogen (secondary N) is 1. The van der Waals surface area contributed by atoms with Crippen molar-refractivity contribution in [3.8, 4) is 0 Å². The van der Waals surface area contributed by atoms with E-state index < -0.39 is 36.3 Å². The topological polar surface area (TPSA) is 147 Å². The molecule has 0 aliphatic heterocycles. The summed E-state index contributed by atoms with van der Waals surface area (Å²) in [4.78, 5) is 22.2. The fourth-order valence-corrected chi connectivity index (χ4v) is 2.56. The van der Waals surface area contributed by atoms with E-state index in [9.17, 15) is 24.9 Å². The zero-order valence-electron chi connectivity index (χ0n) is 16.1. The van der Waals surface area contributed by atoms with Gasteiger partial charge in [-0.15, -0.1) is 0 Å². The molecule has 0 unspecified atom stereocenters. The van der Waals surface area contributed by atoms with Gasteiger partial charge in [-0.1, -0.05) is 64.4 Å². The van der Waals surface area contributed by atoms with Crippen LogP contribution in [0.4, 0.5) is 0 Å². The molecule has 0 heterocycles. The fourth-order valence-electron chi connectivity index (χ4n) is 2.56. The average molecular weight is 389 g/mol. The maximum absolute atomic E-state index is 11.7. The van der Waals surface area contributed by atoms with E-state index in [1.807, 2.05) is 0 Å². The molecule has 4 atom stereocenters. The van der Waals surface area contributed by atoms with Crippen molar-refractivity contribution in [1.29, 1.82) is 0 Å². The van der Waals surface area contributed by atoms with Crippen LogP contribution in [-0.4, -0.2) is 61.8 Å². The van der Waals surface area contributed by atoms with E-state index in [2.05, 4.69) is 12.2 Å². The Kier molecular flexibility index (Phi) is 14.7. The van der Waals surface area contributed by atoms with Crippen molar-refractivity contribution in [2.45, 2.75) is 95.5 Å². The molecule has 27 heavy (non-hydrogen) atoms. The number of allylic oxidation sites excluding steroid dienone is 1. The summed E-state index contributed by atoms with van der Waals surface area (Å²) in [6, 6.07) is 0. The van der Waals surface area contributed by atoms with E-state index in [0.29, 0.717) is 0 Å². The summed E-state index contributed by atoms with van der Waals surface area (Å²) in [5.41, 5.74) is 0. The highest BCUT2D eigenvalue weighted by Crippen LogP contribution is 2.10. The van der Waals surface area contributed by atoms with Crippen LogP contribution in [0.3, 0.4) is 0 Å². The van der Waals surface area contributed by atoms with Crippen LogP contribution < -0.4 is 5.32 Å². The largest absolute Gasteiger partial charge is 0.479 e. The van der Waals surface area contributed by atoms with Gasteiger partial charge in [0.2, 0.25) is 0 Å². The summed E-state index contributed by atoms with van der Waals surface area (Å²) in [5, 5.41) is 48.5. The van der Waals surface area contributed by atoms with Crippen molar-refractivity contribution in [2.24, 2.45) is 0 Å². The normalized spacial score (nSPS) is 16.0. The Bertz CT molecular complexity index is 442. The van der Waals surface area contributed by atoms with Gasteiger partial charge in [0.15, 0.2) is 12.2 Å². The summed E-state index contributed by atoms with van der Waals surface area (Å²) >= 11 is 0. The monoisotopic (exact) mass is 389 g/mol. The molecule has 0 spiro atoms. The van der Waals surface area contributed by atoms with Gasteiger partial charge in [-0.3, -0.25) is 4.79 Å². The molecule has 158 valence electrons. The third kappa shape index (κ3) is 11.8. The number of carboxylic acid groups (broad SMARTS) is 1. The number of hydrogen-bond acceptors (Lipinski definition) is 6. The molecule has 8 heteroatoms. The molecule has 0 aliphatic rings. The molecule has 0 aromatic heterocycles. The van der Waals surface area contributed by atoms with Gasteiger partial charge in [0.05, 0.1) is 0 Å². The van der Waals surface area contributed by atoms with Gasteiger partial charge in [0, 0.05) is 0 Å². The van der Waals surface area contributed by atoms with Crippen LogP contribution in [0.2, 0.25) is 0 Å². The van der Waals surface area contributed by atoms with E-state index in [1.54, 1.807) is 6.08 Å². The molecule has 0 rings (SSSR count). The van der Waals surface area contributed by atoms with E-state index >= 15 is 0 Å². The van der Waals surface area contributed by atoms with E-state index in [4.69, 9.17) is 10.2 Å². The van der Waals surface area contributed by atoms with Crippen LogP contribution in [-0.2, 0) is 9.59 Å². The number of amides is 1. The Morgan fingerprint density at radius 3 is 1.81 bits per heavy atom. The zero-order valence-corrected chi connectivity index (χ0v) is 16.1. The second kappa shape index (κ2) is 15.6. The standard InChI is InChI=1S/C19H35NO7/c1-2-3-4-5-6-7-8-9-10-11-12-13-20-18(25)16(23)14(21)15(22)17(24)19(26)27/h12-17,21-24H,2-11H2,1H3,(H,20,25)(H,26,27)/b13-12+/t14-,15-,16+,17-/m1/s1. The van der Waals surface area contributed by atoms with Crippen molar-refractivity contribution in [2.75, 3.05) is 0 Å². The minimum Gasteiger partial charge on any atom is -0.479 e. The van der Waals surface area contributed by atoms with E-state index in [0.717, 1.165) is 19.3 Å². The molecule has 0 saturated heterocycles. The smallest absolute Gasteiger partial charge is 0.335 e. The number of carbonyl (C=O) groups is 2. The number of rotatable bonds is 16. The highest BCUT2D eigenvalue weighted by atomic mass is 16.4. The Morgan fingerprint density at radius 1 is 0.815 bits per heavy atom. The first-order valence-electron chi connectivity index (χ1n) is 9.73. The van der Waals surface area contributed by atoms with E-state index in [1.165, 1.54) is 51.1 Å². The molecular formula is C19H35NO7. The minimum atomic E-state index is -2.30. The summed E-state index contributed by atoms with van der Waals surface area (Å²) < 4.78 is 0. The van der Waals surface area contributed by atoms with Crippen molar-refractivity contribution < 1.29 is 35.1 Å². The number of hydrogen-bond donors (Lipinski definition) is 6. The predicted octanol–water partition coefficient (Wildman–Crippen LogP) is 1.07. The van der Waals surface area contributed by atoms with Gasteiger partial charge >= 0.3 is 5.97 Å². The van der Waals surface area contributed by atoms with Crippen molar-refractivity contribution in [3.63, 3.8) is 0 Å². The summed E-state index contributed by atoms with van der Waals surface area (Å²) in [7, 11) is 0. The highest BCUT2D eigenvalue weighted by molar-refractivity contribution is 5.82. The Morgan fingerprint density at radius 2 is 1.30 bits per heavy atom. The lowest BCUT2D eigenvalue weighted by Crippen LogP contribution is -2.52. The molecular weight excluding hydrogens is 354 g/mol. The van der Waals surface area contributed by atoms with Crippen molar-refractivity contribution in [3.05, 3.63) is 12.3 Å². The van der Waals surface area contributed by atoms with Crippen LogP contribution in [0.5, 0.6) is 0 Å². The molecule has 0 bridgehead atoms. The average Bonchev–Trinajstić information content (AvgIpc) is 2.66. The van der Waals surface area contributed by atoms with Gasteiger partial charge in [-0.2, -0.15) is 0 Å². The van der Waals surface area contributed by atoms with Gasteiger partial charge in [-0.25, -0.2) is 4.79 Å². The van der Waals surface area contributed by atoms with E-state index in [-0.39, 0.29) is 0 Å². The van der Waals surface area contributed by atoms with Crippen molar-refractivity contribution in [1.82, 2.24) is 5.32 Å². The second-order valence-corrected chi connectivity index (χ2v) is 6.74. The maximum Gasteiger partial charge on any atom is 0.335 e. The number of carboxylic acids is 1. The molecule has 8 nitrogen and oxygen atoms in total. The first kappa shape index (κ1) is 25.5. The fraction of sp³-hybridized carbons (Fsp3) is 0.789. The van der Waals surface area contributed by atoms with Gasteiger partial charge in [0.1, 0.15) is 12.2 Å². The first-order valence-corrected chi connectivity index (χ1v) is 9.73. The maximum atomic E-state index is 11.7. The van der Waals surface area contributed by atoms with Crippen LogP contribution in [0.25, 0.3) is 0 Å². The van der Waals surface area contributed by atoms with Crippen LogP contribution in [0, 0.1) is 0 Å². The van der Waals surface area contributed by atoms with Crippen LogP contribution in [0.15, 0.2) is 12.3 Å². The van der Waals surface area contributed by atoms with Gasteiger partial charge in [0.25, 0.3) is 5.91 Å². The van der Waals surface area contributed by atoms with Gasteiger partial charge < -0.3 is 30.8 Å². The zero-order chi connectivity index (χ0) is 20.7. The second-order valence-electron chi connectivity index (χ2n) is 6.74. The Hall–Kier alpha value is -1.48. The summed E-state index contributed by atoms with van der Waals surface area (Å²) in [6.07, 6.45) is 6.09. The van der Waals surface area contributed by atoms with Crippen LogP contribution >= 0.6 is 0 Å². The number of carbonyl (C=O) groups excluding carboxylic acids is 1. The lowest BCUT2D eigenvalue weighted by atomic mass is 10.0. The molecule has 0 saturated carbocycles. The van der Waals surface area contributed by atoms with Crippen LogP contribution in [0.1, 0.15) is 71.1 Å². The lowest BCUT2D eigenvalue weighted by Gasteiger charge is -2.23. The number of aliphatic carboxylic acids is 1. The Balaban J connectivity index is 3.86.